The molecule has 2 atom stereocenters. The first-order valence-corrected chi connectivity index (χ1v) is 30.9. The molecular weight excluding hydrogens is 839 g/mol. The van der Waals surface area contributed by atoms with Crippen LogP contribution < -0.4 is 5.32 Å². The van der Waals surface area contributed by atoms with Gasteiger partial charge in [0.15, 0.2) is 0 Å². The maximum Gasteiger partial charge on any atom is 0.305 e. The van der Waals surface area contributed by atoms with Crippen LogP contribution in [0.1, 0.15) is 348 Å². The molecule has 6 nitrogen and oxygen atoms in total. The lowest BCUT2D eigenvalue weighted by Crippen LogP contribution is -2.45. The predicted molar refractivity (Wildman–Crippen MR) is 297 cm³/mol. The van der Waals surface area contributed by atoms with Crippen LogP contribution in [0, 0.1) is 0 Å². The molecule has 0 fully saturated rings. The molecule has 0 aromatic heterocycles. The van der Waals surface area contributed by atoms with Crippen molar-refractivity contribution in [1.82, 2.24) is 5.32 Å². The van der Waals surface area contributed by atoms with Crippen molar-refractivity contribution in [2.24, 2.45) is 0 Å². The number of amides is 1. The number of aliphatic hydroxyl groups is 2. The highest BCUT2D eigenvalue weighted by molar-refractivity contribution is 5.76. The standard InChI is InChI=1S/C62H121NO5/c1-3-5-7-9-11-13-15-17-18-19-20-21-22-23-24-25-26-28-31-34-38-42-46-50-54-60(65)59(58-64)63-61(66)55-51-47-43-39-35-32-29-27-30-33-37-41-45-49-53-57-68-62(67)56-52-48-44-40-36-16-14-12-10-8-6-4-2/h30,33,59-60,64-65H,3-29,31-32,34-58H2,1-2H3,(H,63,66)/b33-30-. The molecule has 0 rings (SSSR count). The van der Waals surface area contributed by atoms with Crippen molar-refractivity contribution < 1.29 is 24.5 Å². The number of ether oxygens (including phenoxy) is 1. The number of carbonyl (C=O) groups excluding carboxylic acids is 2. The molecule has 0 spiro atoms. The van der Waals surface area contributed by atoms with Gasteiger partial charge in [-0.25, -0.2) is 0 Å². The molecule has 0 aromatic carbocycles. The van der Waals surface area contributed by atoms with Gasteiger partial charge in [-0.2, -0.15) is 0 Å². The molecule has 0 radical (unpaired) electrons. The number of allylic oxidation sites excluding steroid dienone is 2. The van der Waals surface area contributed by atoms with E-state index >= 15 is 0 Å². The predicted octanol–water partition coefficient (Wildman–Crippen LogP) is 19.2. The summed E-state index contributed by atoms with van der Waals surface area (Å²) in [6.45, 7) is 4.94. The van der Waals surface area contributed by atoms with Crippen LogP contribution in [0.15, 0.2) is 12.2 Å². The van der Waals surface area contributed by atoms with Gasteiger partial charge >= 0.3 is 5.97 Å². The number of unbranched alkanes of at least 4 members (excludes halogenated alkanes) is 45. The lowest BCUT2D eigenvalue weighted by Gasteiger charge is -2.22. The first-order valence-electron chi connectivity index (χ1n) is 30.9. The summed E-state index contributed by atoms with van der Waals surface area (Å²) in [5.74, 6) is -0.0542. The number of hydrogen-bond donors (Lipinski definition) is 3. The van der Waals surface area contributed by atoms with E-state index < -0.39 is 12.1 Å². The van der Waals surface area contributed by atoms with Gasteiger partial charge in [-0.3, -0.25) is 9.59 Å². The average molecular weight is 961 g/mol. The number of esters is 1. The van der Waals surface area contributed by atoms with Crippen molar-refractivity contribution in [1.29, 1.82) is 0 Å². The second kappa shape index (κ2) is 58.2. The van der Waals surface area contributed by atoms with Gasteiger partial charge in [-0.1, -0.05) is 296 Å². The van der Waals surface area contributed by atoms with E-state index in [0.717, 1.165) is 70.6 Å². The Morgan fingerprint density at radius 1 is 0.397 bits per heavy atom. The Morgan fingerprint density at radius 2 is 0.691 bits per heavy atom. The van der Waals surface area contributed by atoms with Crippen molar-refractivity contribution in [3.63, 3.8) is 0 Å². The summed E-state index contributed by atoms with van der Waals surface area (Å²) in [4.78, 5) is 24.5. The van der Waals surface area contributed by atoms with Crippen molar-refractivity contribution in [2.45, 2.75) is 360 Å². The van der Waals surface area contributed by atoms with Gasteiger partial charge in [-0.05, 0) is 51.4 Å². The monoisotopic (exact) mass is 960 g/mol. The third-order valence-corrected chi connectivity index (χ3v) is 14.6. The molecule has 0 aliphatic heterocycles. The van der Waals surface area contributed by atoms with Crippen LogP contribution in [0.2, 0.25) is 0 Å². The lowest BCUT2D eigenvalue weighted by atomic mass is 10.0. The van der Waals surface area contributed by atoms with Crippen molar-refractivity contribution >= 4 is 11.9 Å². The van der Waals surface area contributed by atoms with Gasteiger partial charge in [0.05, 0.1) is 25.4 Å². The van der Waals surface area contributed by atoms with Crippen LogP contribution in [0.5, 0.6) is 0 Å². The quantitative estimate of drug-likeness (QED) is 0.0321. The SMILES string of the molecule is CCCCCCCCCCCCCCCCCCCCCCCCCCC(O)C(CO)NC(=O)CCCCCCCCC/C=C\CCCCCCOC(=O)CCCCCCCCCCCCCC. The lowest BCUT2D eigenvalue weighted by molar-refractivity contribution is -0.143. The highest BCUT2D eigenvalue weighted by atomic mass is 16.5. The molecule has 0 aromatic rings. The summed E-state index contributed by atoms with van der Waals surface area (Å²) in [6.07, 6.45) is 69.3. The summed E-state index contributed by atoms with van der Waals surface area (Å²) < 4.78 is 5.45. The number of rotatable bonds is 58. The normalized spacial score (nSPS) is 12.6. The Hall–Kier alpha value is -1.40. The summed E-state index contributed by atoms with van der Waals surface area (Å²) in [7, 11) is 0. The third-order valence-electron chi connectivity index (χ3n) is 14.6. The molecule has 0 bridgehead atoms. The zero-order valence-electron chi connectivity index (χ0n) is 46.1. The number of carbonyl (C=O) groups is 2. The molecule has 1 amide bonds. The van der Waals surface area contributed by atoms with Gasteiger partial charge in [0.2, 0.25) is 5.91 Å². The minimum atomic E-state index is -0.675. The maximum absolute atomic E-state index is 12.5. The fourth-order valence-corrected chi connectivity index (χ4v) is 9.81. The fourth-order valence-electron chi connectivity index (χ4n) is 9.81. The molecule has 2 unspecified atom stereocenters. The maximum atomic E-state index is 12.5. The Morgan fingerprint density at radius 3 is 1.04 bits per heavy atom. The Kier molecular flexibility index (Phi) is 57.0. The number of hydrogen-bond acceptors (Lipinski definition) is 5. The molecule has 0 aliphatic rings. The van der Waals surface area contributed by atoms with Crippen LogP contribution in [-0.2, 0) is 14.3 Å². The largest absolute Gasteiger partial charge is 0.466 e. The molecule has 0 saturated carbocycles. The Labute approximate surface area is 425 Å². The molecular formula is C62H121NO5. The molecule has 0 aliphatic carbocycles. The van der Waals surface area contributed by atoms with Crippen molar-refractivity contribution in [3.8, 4) is 0 Å². The average Bonchev–Trinajstić information content (AvgIpc) is 3.34. The first-order chi connectivity index (χ1) is 33.5. The van der Waals surface area contributed by atoms with E-state index in [9.17, 15) is 19.8 Å². The van der Waals surface area contributed by atoms with Gasteiger partial charge in [-0.15, -0.1) is 0 Å². The molecule has 0 saturated heterocycles. The second-order valence-corrected chi connectivity index (χ2v) is 21.4. The zero-order valence-corrected chi connectivity index (χ0v) is 46.1. The van der Waals surface area contributed by atoms with Crippen molar-refractivity contribution in [3.05, 3.63) is 12.2 Å². The van der Waals surface area contributed by atoms with Crippen LogP contribution in [0.25, 0.3) is 0 Å². The van der Waals surface area contributed by atoms with E-state index in [1.165, 1.54) is 244 Å². The molecule has 404 valence electrons. The van der Waals surface area contributed by atoms with E-state index in [2.05, 4.69) is 31.3 Å². The van der Waals surface area contributed by atoms with Crippen LogP contribution >= 0.6 is 0 Å². The van der Waals surface area contributed by atoms with E-state index in [4.69, 9.17) is 4.74 Å². The third kappa shape index (κ3) is 53.9. The number of nitrogens with one attached hydrogen (secondary N) is 1. The zero-order chi connectivity index (χ0) is 49.3. The summed E-state index contributed by atoms with van der Waals surface area (Å²) in [6, 6.07) is -0.553. The number of aliphatic hydroxyl groups excluding tert-OH is 2. The summed E-state index contributed by atoms with van der Waals surface area (Å²) in [5.41, 5.74) is 0. The Balaban J connectivity index is 3.45. The highest BCUT2D eigenvalue weighted by Gasteiger charge is 2.20. The molecule has 68 heavy (non-hydrogen) atoms. The fraction of sp³-hybridized carbons (Fsp3) is 0.935. The molecule has 6 heteroatoms. The van der Waals surface area contributed by atoms with E-state index in [1.54, 1.807) is 0 Å². The minimum Gasteiger partial charge on any atom is -0.466 e. The Bertz CT molecular complexity index is 1020. The van der Waals surface area contributed by atoms with E-state index in [-0.39, 0.29) is 18.5 Å². The van der Waals surface area contributed by atoms with Crippen LogP contribution in [0.4, 0.5) is 0 Å². The molecule has 0 heterocycles. The van der Waals surface area contributed by atoms with E-state index in [1.807, 2.05) is 0 Å². The van der Waals surface area contributed by atoms with Gasteiger partial charge in [0, 0.05) is 12.8 Å². The van der Waals surface area contributed by atoms with Gasteiger partial charge in [0.1, 0.15) is 0 Å². The topological polar surface area (TPSA) is 95.9 Å². The highest BCUT2D eigenvalue weighted by Crippen LogP contribution is 2.18. The minimum absolute atomic E-state index is 0.00826. The second-order valence-electron chi connectivity index (χ2n) is 21.4. The van der Waals surface area contributed by atoms with Crippen molar-refractivity contribution in [2.75, 3.05) is 13.2 Å². The van der Waals surface area contributed by atoms with Gasteiger partial charge in [0.25, 0.3) is 0 Å². The van der Waals surface area contributed by atoms with E-state index in [0.29, 0.717) is 25.9 Å². The van der Waals surface area contributed by atoms with Gasteiger partial charge < -0.3 is 20.3 Å². The summed E-state index contributed by atoms with van der Waals surface area (Å²) >= 11 is 0. The summed E-state index contributed by atoms with van der Waals surface area (Å²) in [5, 5.41) is 23.4. The van der Waals surface area contributed by atoms with Crippen LogP contribution in [0.3, 0.4) is 0 Å². The smallest absolute Gasteiger partial charge is 0.305 e. The first kappa shape index (κ1) is 66.6. The van der Waals surface area contributed by atoms with Crippen LogP contribution in [-0.4, -0.2) is 47.4 Å². The molecule has 3 N–H and O–H groups in total.